The van der Waals surface area contributed by atoms with Crippen molar-refractivity contribution in [1.29, 1.82) is 0 Å². The third-order valence-electron chi connectivity index (χ3n) is 4.70. The monoisotopic (exact) mass is 385 g/mol. The minimum Gasteiger partial charge on any atom is -0.386 e. The number of carbonyl (C=O) groups excluding carboxylic acids is 2. The molecule has 2 aromatic heterocycles. The molecule has 0 bridgehead atoms. The summed E-state index contributed by atoms with van der Waals surface area (Å²) in [7, 11) is 0. The van der Waals surface area contributed by atoms with Gasteiger partial charge in [0.1, 0.15) is 5.71 Å². The predicted molar refractivity (Wildman–Crippen MR) is 99.3 cm³/mol. The third kappa shape index (κ3) is 3.68. The van der Waals surface area contributed by atoms with Crippen molar-refractivity contribution < 1.29 is 14.4 Å². The van der Waals surface area contributed by atoms with E-state index >= 15 is 0 Å². The van der Waals surface area contributed by atoms with Gasteiger partial charge in [-0.3, -0.25) is 19.6 Å². The van der Waals surface area contributed by atoms with Gasteiger partial charge in [-0.2, -0.15) is 0 Å². The van der Waals surface area contributed by atoms with E-state index in [1.807, 2.05) is 24.4 Å². The second-order valence-corrected chi connectivity index (χ2v) is 7.72. The van der Waals surface area contributed by atoms with Gasteiger partial charge in [0.2, 0.25) is 0 Å². The summed E-state index contributed by atoms with van der Waals surface area (Å²) in [6, 6.07) is 3.68. The second kappa shape index (κ2) is 7.07. The number of nitrogens with zero attached hydrogens (tertiary/aromatic N) is 4. The Morgan fingerprint density at radius 3 is 3.00 bits per heavy atom. The Balaban J connectivity index is 1.32. The SMILES string of the molecule is Cc1cnc(CNC(=O)C2=NO[C@]3(CCN(C(=O)c4cccs4)C3)C2)cn1. The molecule has 4 heterocycles. The van der Waals surface area contributed by atoms with Gasteiger partial charge >= 0.3 is 0 Å². The largest absolute Gasteiger partial charge is 0.386 e. The summed E-state index contributed by atoms with van der Waals surface area (Å²) >= 11 is 1.42. The first-order valence-corrected chi connectivity index (χ1v) is 9.56. The Labute approximate surface area is 160 Å². The molecule has 1 N–H and O–H groups in total. The zero-order valence-corrected chi connectivity index (χ0v) is 15.7. The lowest BCUT2D eigenvalue weighted by atomic mass is 9.96. The molecule has 2 aliphatic heterocycles. The fraction of sp³-hybridized carbons (Fsp3) is 0.389. The molecule has 2 aliphatic rings. The molecule has 1 spiro atoms. The fourth-order valence-corrected chi connectivity index (χ4v) is 3.91. The van der Waals surface area contributed by atoms with Crippen molar-refractivity contribution in [3.63, 3.8) is 0 Å². The summed E-state index contributed by atoms with van der Waals surface area (Å²) in [5.74, 6) is -0.279. The van der Waals surface area contributed by atoms with Crippen molar-refractivity contribution in [3.8, 4) is 0 Å². The molecule has 140 valence electrons. The molecule has 4 rings (SSSR count). The highest BCUT2D eigenvalue weighted by atomic mass is 32.1. The Morgan fingerprint density at radius 1 is 1.37 bits per heavy atom. The minimum absolute atomic E-state index is 0.00122. The molecule has 27 heavy (non-hydrogen) atoms. The van der Waals surface area contributed by atoms with Gasteiger partial charge in [0.05, 0.1) is 35.6 Å². The van der Waals surface area contributed by atoms with Crippen molar-refractivity contribution in [1.82, 2.24) is 20.2 Å². The number of oxime groups is 1. The maximum atomic E-state index is 12.5. The molecule has 0 aliphatic carbocycles. The number of amides is 2. The number of carbonyl (C=O) groups is 2. The third-order valence-corrected chi connectivity index (χ3v) is 5.56. The van der Waals surface area contributed by atoms with Gasteiger partial charge in [-0.25, -0.2) is 0 Å². The van der Waals surface area contributed by atoms with Crippen LogP contribution in [0.4, 0.5) is 0 Å². The van der Waals surface area contributed by atoms with Gasteiger partial charge in [0, 0.05) is 25.6 Å². The standard InChI is InChI=1S/C18H19N5O3S/c1-12-8-20-13(9-19-12)10-21-16(24)14-7-18(26-22-14)4-5-23(11-18)17(25)15-3-2-6-27-15/h2-3,6,8-9H,4-5,7,10-11H2,1H3,(H,21,24)/t18-/m1/s1. The van der Waals surface area contributed by atoms with Crippen LogP contribution in [0.3, 0.4) is 0 Å². The number of rotatable bonds is 4. The van der Waals surface area contributed by atoms with Gasteiger partial charge in [-0.15, -0.1) is 11.3 Å². The number of nitrogens with one attached hydrogen (secondary N) is 1. The molecule has 2 aromatic rings. The summed E-state index contributed by atoms with van der Waals surface area (Å²) in [6.07, 6.45) is 4.35. The first-order valence-electron chi connectivity index (χ1n) is 8.68. The fourth-order valence-electron chi connectivity index (χ4n) is 3.22. The molecule has 8 nitrogen and oxygen atoms in total. The van der Waals surface area contributed by atoms with Crippen LogP contribution in [0.25, 0.3) is 0 Å². The van der Waals surface area contributed by atoms with Gasteiger partial charge in [-0.05, 0) is 18.4 Å². The van der Waals surface area contributed by atoms with E-state index in [2.05, 4.69) is 20.4 Å². The van der Waals surface area contributed by atoms with E-state index in [9.17, 15) is 9.59 Å². The molecule has 0 saturated carbocycles. The molecular weight excluding hydrogens is 366 g/mol. The van der Waals surface area contributed by atoms with E-state index in [0.717, 1.165) is 5.69 Å². The predicted octanol–water partition coefficient (Wildman–Crippen LogP) is 1.52. The average Bonchev–Trinajstić information content (AvgIpc) is 3.43. The van der Waals surface area contributed by atoms with E-state index in [4.69, 9.17) is 4.84 Å². The highest BCUT2D eigenvalue weighted by Crippen LogP contribution is 2.34. The average molecular weight is 385 g/mol. The molecule has 1 atom stereocenters. The lowest BCUT2D eigenvalue weighted by molar-refractivity contribution is -0.115. The normalized spacial score (nSPS) is 21.2. The van der Waals surface area contributed by atoms with Gasteiger partial charge in [-0.1, -0.05) is 11.2 Å². The summed E-state index contributed by atoms with van der Waals surface area (Å²) in [4.78, 5) is 41.3. The second-order valence-electron chi connectivity index (χ2n) is 6.77. The van der Waals surface area contributed by atoms with Crippen LogP contribution in [0.1, 0.15) is 33.9 Å². The van der Waals surface area contributed by atoms with Crippen LogP contribution in [0.15, 0.2) is 35.1 Å². The van der Waals surface area contributed by atoms with Crippen molar-refractivity contribution in [3.05, 3.63) is 46.2 Å². The van der Waals surface area contributed by atoms with Crippen LogP contribution in [0.5, 0.6) is 0 Å². The van der Waals surface area contributed by atoms with Crippen LogP contribution >= 0.6 is 11.3 Å². The van der Waals surface area contributed by atoms with Crippen molar-refractivity contribution in [2.75, 3.05) is 13.1 Å². The lowest BCUT2D eigenvalue weighted by Gasteiger charge is -2.21. The molecule has 0 aromatic carbocycles. The van der Waals surface area contributed by atoms with Crippen LogP contribution in [0, 0.1) is 6.92 Å². The molecule has 2 amide bonds. The highest BCUT2D eigenvalue weighted by molar-refractivity contribution is 7.12. The molecule has 0 radical (unpaired) electrons. The number of likely N-dealkylation sites (tertiary alicyclic amines) is 1. The number of aromatic nitrogens is 2. The maximum Gasteiger partial charge on any atom is 0.269 e. The Morgan fingerprint density at radius 2 is 2.26 bits per heavy atom. The van der Waals surface area contributed by atoms with Gasteiger partial charge in [0.25, 0.3) is 11.8 Å². The van der Waals surface area contributed by atoms with Crippen LogP contribution in [0.2, 0.25) is 0 Å². The molecule has 1 saturated heterocycles. The minimum atomic E-state index is -0.594. The van der Waals surface area contributed by atoms with E-state index in [1.54, 1.807) is 17.3 Å². The Bertz CT molecular complexity index is 881. The summed E-state index contributed by atoms with van der Waals surface area (Å²) < 4.78 is 0. The summed E-state index contributed by atoms with van der Waals surface area (Å²) in [6.45, 7) is 3.17. The van der Waals surface area contributed by atoms with Crippen molar-refractivity contribution >= 4 is 28.9 Å². The zero-order chi connectivity index (χ0) is 18.9. The van der Waals surface area contributed by atoms with E-state index in [1.165, 1.54) is 11.3 Å². The first-order chi connectivity index (χ1) is 13.0. The summed E-state index contributed by atoms with van der Waals surface area (Å²) in [5, 5.41) is 8.66. The van der Waals surface area contributed by atoms with Crippen molar-refractivity contribution in [2.45, 2.75) is 31.9 Å². The lowest BCUT2D eigenvalue weighted by Crippen LogP contribution is -2.38. The molecule has 9 heteroatoms. The smallest absolute Gasteiger partial charge is 0.269 e. The van der Waals surface area contributed by atoms with Crippen LogP contribution < -0.4 is 5.32 Å². The first kappa shape index (κ1) is 17.6. The maximum absolute atomic E-state index is 12.5. The van der Waals surface area contributed by atoms with Crippen LogP contribution in [-0.2, 0) is 16.2 Å². The Hall–Kier alpha value is -2.81. The topological polar surface area (TPSA) is 96.8 Å². The number of aryl methyl sites for hydroxylation is 1. The zero-order valence-electron chi connectivity index (χ0n) is 14.8. The van der Waals surface area contributed by atoms with E-state index in [-0.39, 0.29) is 18.4 Å². The molecule has 0 unspecified atom stereocenters. The number of hydrogen-bond acceptors (Lipinski definition) is 7. The van der Waals surface area contributed by atoms with E-state index < -0.39 is 5.60 Å². The quantitative estimate of drug-likeness (QED) is 0.861. The number of hydrogen-bond donors (Lipinski definition) is 1. The van der Waals surface area contributed by atoms with Crippen LogP contribution in [-0.4, -0.2) is 51.1 Å². The number of thiophene rings is 1. The molecular formula is C18H19N5O3S. The van der Waals surface area contributed by atoms with Gasteiger partial charge < -0.3 is 15.1 Å². The molecule has 1 fully saturated rings. The summed E-state index contributed by atoms with van der Waals surface area (Å²) in [5.41, 5.74) is 1.25. The Kier molecular flexibility index (Phi) is 4.61. The van der Waals surface area contributed by atoms with E-state index in [0.29, 0.717) is 42.2 Å². The highest BCUT2D eigenvalue weighted by Gasteiger charge is 2.48. The van der Waals surface area contributed by atoms with Crippen molar-refractivity contribution in [2.24, 2.45) is 5.16 Å². The van der Waals surface area contributed by atoms with Gasteiger partial charge in [0.15, 0.2) is 5.60 Å².